The van der Waals surface area contributed by atoms with E-state index in [1.165, 1.54) is 18.3 Å². The third-order valence-corrected chi connectivity index (χ3v) is 6.03. The average Bonchev–Trinajstić information content (AvgIpc) is 3.23. The smallest absolute Gasteiger partial charge is 0.263 e. The molecule has 0 unspecified atom stereocenters. The first-order valence-electron chi connectivity index (χ1n) is 8.72. The van der Waals surface area contributed by atoms with Crippen molar-refractivity contribution in [2.75, 3.05) is 4.72 Å². The molecule has 0 saturated carbocycles. The van der Waals surface area contributed by atoms with E-state index in [0.29, 0.717) is 17.2 Å². The molecule has 0 amide bonds. The van der Waals surface area contributed by atoms with Crippen LogP contribution in [0.25, 0.3) is 0 Å². The average molecular weight is 442 g/mol. The molecule has 0 aliphatic heterocycles. The van der Waals surface area contributed by atoms with Gasteiger partial charge in [0, 0.05) is 17.6 Å². The van der Waals surface area contributed by atoms with E-state index >= 15 is 0 Å². The van der Waals surface area contributed by atoms with Gasteiger partial charge in [-0.3, -0.25) is 4.72 Å². The highest BCUT2D eigenvalue weighted by Crippen LogP contribution is 2.31. The van der Waals surface area contributed by atoms with Crippen molar-refractivity contribution in [1.82, 2.24) is 4.98 Å². The normalized spacial score (nSPS) is 11.1. The van der Waals surface area contributed by atoms with Crippen molar-refractivity contribution in [3.63, 3.8) is 0 Å². The zero-order valence-electron chi connectivity index (χ0n) is 15.4. The Labute approximate surface area is 176 Å². The van der Waals surface area contributed by atoms with Crippen LogP contribution in [-0.2, 0) is 10.0 Å². The lowest BCUT2D eigenvalue weighted by molar-refractivity contribution is 0.433. The van der Waals surface area contributed by atoms with Crippen molar-refractivity contribution in [3.05, 3.63) is 90.2 Å². The van der Waals surface area contributed by atoms with Gasteiger partial charge in [-0.05, 0) is 42.5 Å². The molecule has 0 saturated heterocycles. The molecule has 0 radical (unpaired) electrons. The number of hydrogen-bond acceptors (Lipinski definition) is 6. The minimum absolute atomic E-state index is 0.111. The highest BCUT2D eigenvalue weighted by molar-refractivity contribution is 7.93. The summed E-state index contributed by atoms with van der Waals surface area (Å²) < 4.78 is 52.9. The zero-order valence-corrected chi connectivity index (χ0v) is 17.0. The number of thiazole rings is 1. The van der Waals surface area contributed by atoms with Crippen molar-refractivity contribution in [2.45, 2.75) is 4.90 Å². The minimum atomic E-state index is -3.95. The van der Waals surface area contributed by atoms with Gasteiger partial charge >= 0.3 is 0 Å². The molecule has 152 valence electrons. The molecule has 0 aliphatic rings. The molecule has 1 aromatic heterocycles. The highest BCUT2D eigenvalue weighted by Gasteiger charge is 2.18. The molecule has 4 aromatic rings. The molecule has 30 heavy (non-hydrogen) atoms. The Morgan fingerprint density at radius 1 is 0.867 bits per heavy atom. The van der Waals surface area contributed by atoms with Gasteiger partial charge in [0.25, 0.3) is 10.0 Å². The third-order valence-electron chi connectivity index (χ3n) is 3.88. The number of nitrogens with zero attached hydrogens (tertiary/aromatic N) is 1. The van der Waals surface area contributed by atoms with E-state index in [0.717, 1.165) is 17.4 Å². The summed E-state index contributed by atoms with van der Waals surface area (Å²) in [6, 6.07) is 19.3. The van der Waals surface area contributed by atoms with Crippen LogP contribution >= 0.6 is 11.3 Å². The van der Waals surface area contributed by atoms with E-state index < -0.39 is 15.8 Å². The summed E-state index contributed by atoms with van der Waals surface area (Å²) in [5.41, 5.74) is 0. The van der Waals surface area contributed by atoms with Gasteiger partial charge in [0.15, 0.2) is 16.7 Å². The fourth-order valence-electron chi connectivity index (χ4n) is 2.53. The van der Waals surface area contributed by atoms with Crippen LogP contribution in [0.5, 0.6) is 23.0 Å². The largest absolute Gasteiger partial charge is 0.457 e. The summed E-state index contributed by atoms with van der Waals surface area (Å²) >= 11 is 1.12. The number of anilines is 1. The summed E-state index contributed by atoms with van der Waals surface area (Å²) in [6.45, 7) is 0. The van der Waals surface area contributed by atoms with Crippen LogP contribution in [0.15, 0.2) is 89.3 Å². The lowest BCUT2D eigenvalue weighted by Crippen LogP contribution is -2.13. The number of rotatable bonds is 7. The quantitative estimate of drug-likeness (QED) is 0.399. The van der Waals surface area contributed by atoms with E-state index in [9.17, 15) is 12.8 Å². The van der Waals surface area contributed by atoms with Gasteiger partial charge in [0.05, 0.1) is 4.90 Å². The van der Waals surface area contributed by atoms with Gasteiger partial charge in [-0.25, -0.2) is 17.8 Å². The van der Waals surface area contributed by atoms with E-state index in [2.05, 4.69) is 9.71 Å². The van der Waals surface area contributed by atoms with Crippen LogP contribution < -0.4 is 14.2 Å². The zero-order chi connectivity index (χ0) is 21.0. The van der Waals surface area contributed by atoms with E-state index in [1.54, 1.807) is 29.6 Å². The van der Waals surface area contributed by atoms with Gasteiger partial charge in [-0.1, -0.05) is 24.3 Å². The van der Waals surface area contributed by atoms with Crippen molar-refractivity contribution >= 4 is 26.5 Å². The van der Waals surface area contributed by atoms with Crippen LogP contribution in [0, 0.1) is 5.82 Å². The van der Waals surface area contributed by atoms with Crippen LogP contribution in [0.3, 0.4) is 0 Å². The number of ether oxygens (including phenoxy) is 2. The summed E-state index contributed by atoms with van der Waals surface area (Å²) in [7, 11) is -3.95. The topological polar surface area (TPSA) is 77.5 Å². The maximum absolute atomic E-state index is 14.5. The minimum Gasteiger partial charge on any atom is -0.457 e. The maximum atomic E-state index is 14.5. The molecular formula is C21H15FN2O4S2. The fraction of sp³-hybridized carbons (Fsp3) is 0. The molecule has 9 heteroatoms. The summed E-state index contributed by atoms with van der Waals surface area (Å²) in [5, 5.41) is 1.83. The Hall–Kier alpha value is -3.43. The molecule has 6 nitrogen and oxygen atoms in total. The highest BCUT2D eigenvalue weighted by atomic mass is 32.2. The first kappa shape index (κ1) is 19.9. The predicted octanol–water partition coefficient (Wildman–Crippen LogP) is 5.67. The van der Waals surface area contributed by atoms with Gasteiger partial charge in [0.1, 0.15) is 17.2 Å². The monoisotopic (exact) mass is 442 g/mol. The van der Waals surface area contributed by atoms with E-state index in [-0.39, 0.29) is 15.8 Å². The van der Waals surface area contributed by atoms with Crippen LogP contribution in [0.1, 0.15) is 0 Å². The molecule has 0 atom stereocenters. The van der Waals surface area contributed by atoms with Crippen molar-refractivity contribution in [2.24, 2.45) is 0 Å². The summed E-state index contributed by atoms with van der Waals surface area (Å²) in [6.07, 6.45) is 1.47. The molecule has 1 heterocycles. The lowest BCUT2D eigenvalue weighted by atomic mass is 10.3. The number of hydrogen-bond donors (Lipinski definition) is 1. The van der Waals surface area contributed by atoms with Crippen molar-refractivity contribution in [1.29, 1.82) is 0 Å². The maximum Gasteiger partial charge on any atom is 0.263 e. The molecule has 0 aliphatic carbocycles. The Bertz CT molecular complexity index is 1250. The summed E-state index contributed by atoms with van der Waals surface area (Å²) in [5.74, 6) is 0.597. The first-order chi connectivity index (χ1) is 14.5. The van der Waals surface area contributed by atoms with Crippen LogP contribution in [0.4, 0.5) is 9.52 Å². The molecule has 0 spiro atoms. The van der Waals surface area contributed by atoms with Gasteiger partial charge in [-0.2, -0.15) is 0 Å². The van der Waals surface area contributed by atoms with Crippen LogP contribution in [-0.4, -0.2) is 13.4 Å². The van der Waals surface area contributed by atoms with E-state index in [1.807, 2.05) is 30.3 Å². The van der Waals surface area contributed by atoms with Gasteiger partial charge in [-0.15, -0.1) is 11.3 Å². The SMILES string of the molecule is O=S(=O)(Nc1nccs1)c1ccc(Oc2cccc(Oc3ccccc3)c2)c(F)c1. The first-order valence-corrected chi connectivity index (χ1v) is 11.1. The van der Waals surface area contributed by atoms with Gasteiger partial charge < -0.3 is 9.47 Å². The van der Waals surface area contributed by atoms with Crippen molar-refractivity contribution < 1.29 is 22.3 Å². The Morgan fingerprint density at radius 3 is 2.30 bits per heavy atom. The predicted molar refractivity (Wildman–Crippen MR) is 112 cm³/mol. The number of halogens is 1. The standard InChI is InChI=1S/C21H15FN2O4S2/c22-19-14-18(30(25,26)24-21-23-11-12-29-21)9-10-20(19)28-17-8-4-7-16(13-17)27-15-5-2-1-3-6-15/h1-14H,(H,23,24). The summed E-state index contributed by atoms with van der Waals surface area (Å²) in [4.78, 5) is 3.63. The molecular weight excluding hydrogens is 427 g/mol. The Kier molecular flexibility index (Phi) is 5.64. The van der Waals surface area contributed by atoms with Gasteiger partial charge in [0.2, 0.25) is 0 Å². The lowest BCUT2D eigenvalue weighted by Gasteiger charge is -2.11. The number of nitrogens with one attached hydrogen (secondary N) is 1. The molecule has 0 fully saturated rings. The van der Waals surface area contributed by atoms with E-state index in [4.69, 9.17) is 9.47 Å². The third kappa shape index (κ3) is 4.76. The number of aromatic nitrogens is 1. The second-order valence-electron chi connectivity index (χ2n) is 6.03. The Balaban J connectivity index is 1.51. The molecule has 3 aromatic carbocycles. The Morgan fingerprint density at radius 2 is 1.60 bits per heavy atom. The molecule has 1 N–H and O–H groups in total. The van der Waals surface area contributed by atoms with Crippen LogP contribution in [0.2, 0.25) is 0 Å². The second kappa shape index (κ2) is 8.52. The number of sulfonamides is 1. The molecule has 0 bridgehead atoms. The number of para-hydroxylation sites is 1. The van der Waals surface area contributed by atoms with Crippen molar-refractivity contribution in [3.8, 4) is 23.0 Å². The molecule has 4 rings (SSSR count). The second-order valence-corrected chi connectivity index (χ2v) is 8.60. The number of benzene rings is 3. The fourth-order valence-corrected chi connectivity index (χ4v) is 4.33.